The number of carbonyl (C=O) groups is 1. The zero-order valence-electron chi connectivity index (χ0n) is 12.1. The number of aromatic nitrogens is 1. The molecule has 0 saturated carbocycles. The highest BCUT2D eigenvalue weighted by Crippen LogP contribution is 2.27. The smallest absolute Gasteiger partial charge is 0.360 e. The minimum atomic E-state index is -0.658. The average Bonchev–Trinajstić information content (AvgIpc) is 3.03. The molecule has 22 heavy (non-hydrogen) atoms. The van der Waals surface area contributed by atoms with Crippen molar-refractivity contribution >= 4 is 23.3 Å². The summed E-state index contributed by atoms with van der Waals surface area (Å²) in [4.78, 5) is 15.8. The fraction of sp³-hybridized carbons (Fsp3) is 0.333. The number of nitrogens with zero attached hydrogens (tertiary/aromatic N) is 1. The van der Waals surface area contributed by atoms with Crippen molar-refractivity contribution in [1.29, 1.82) is 0 Å². The van der Waals surface area contributed by atoms with Crippen molar-refractivity contribution in [3.63, 3.8) is 0 Å². The molecule has 0 saturated heterocycles. The molecule has 0 radical (unpaired) electrons. The third-order valence-electron chi connectivity index (χ3n) is 2.85. The fourth-order valence-corrected chi connectivity index (χ4v) is 1.91. The molecule has 0 aliphatic carbocycles. The summed E-state index contributed by atoms with van der Waals surface area (Å²) in [5, 5.41) is 12.6. The monoisotopic (exact) mass is 324 g/mol. The topological polar surface area (TPSA) is 84.6 Å². The lowest BCUT2D eigenvalue weighted by Gasteiger charge is -2.12. The van der Waals surface area contributed by atoms with Crippen molar-refractivity contribution in [2.24, 2.45) is 0 Å². The standard InChI is InChI=1S/C15H17ClN2O4/c1-2-21-15(20)13-9-22-14(18-13)11-5-3-4-6-12(11)17-8-10(19)7-16/h3-6,9-10,17,19H,2,7-8H2,1H3. The van der Waals surface area contributed by atoms with Crippen LogP contribution in [0.25, 0.3) is 11.5 Å². The number of aliphatic hydroxyl groups is 1. The molecule has 1 unspecified atom stereocenters. The summed E-state index contributed by atoms with van der Waals surface area (Å²) in [6.07, 6.45) is 0.604. The second kappa shape index (κ2) is 7.82. The van der Waals surface area contributed by atoms with Gasteiger partial charge in [0.25, 0.3) is 0 Å². The van der Waals surface area contributed by atoms with Gasteiger partial charge in [-0.3, -0.25) is 0 Å². The van der Waals surface area contributed by atoms with Crippen molar-refractivity contribution in [1.82, 2.24) is 4.98 Å². The quantitative estimate of drug-likeness (QED) is 0.601. The van der Waals surface area contributed by atoms with Crippen LogP contribution in [0.5, 0.6) is 0 Å². The number of anilines is 1. The minimum Gasteiger partial charge on any atom is -0.461 e. The Morgan fingerprint density at radius 1 is 1.50 bits per heavy atom. The molecule has 2 aromatic rings. The first-order valence-electron chi connectivity index (χ1n) is 6.85. The Kier molecular flexibility index (Phi) is 5.80. The van der Waals surface area contributed by atoms with Gasteiger partial charge < -0.3 is 19.6 Å². The minimum absolute atomic E-state index is 0.118. The van der Waals surface area contributed by atoms with E-state index in [1.165, 1.54) is 6.26 Å². The van der Waals surface area contributed by atoms with E-state index in [1.807, 2.05) is 18.2 Å². The zero-order chi connectivity index (χ0) is 15.9. The maximum Gasteiger partial charge on any atom is 0.360 e. The molecule has 1 atom stereocenters. The average molecular weight is 325 g/mol. The van der Waals surface area contributed by atoms with Crippen LogP contribution in [0.1, 0.15) is 17.4 Å². The molecular weight excluding hydrogens is 308 g/mol. The van der Waals surface area contributed by atoms with Crippen molar-refractivity contribution in [2.45, 2.75) is 13.0 Å². The molecule has 0 spiro atoms. The van der Waals surface area contributed by atoms with Crippen LogP contribution >= 0.6 is 11.6 Å². The lowest BCUT2D eigenvalue weighted by atomic mass is 10.1. The summed E-state index contributed by atoms with van der Waals surface area (Å²) in [7, 11) is 0. The van der Waals surface area contributed by atoms with Gasteiger partial charge >= 0.3 is 5.97 Å². The van der Waals surface area contributed by atoms with Gasteiger partial charge in [0.1, 0.15) is 6.26 Å². The molecule has 2 rings (SSSR count). The Hall–Kier alpha value is -2.05. The highest BCUT2D eigenvalue weighted by molar-refractivity contribution is 6.18. The second-order valence-corrected chi connectivity index (χ2v) is 4.80. The molecule has 118 valence electrons. The Balaban J connectivity index is 2.20. The Morgan fingerprint density at radius 2 is 2.27 bits per heavy atom. The van der Waals surface area contributed by atoms with Crippen LogP contribution in [0.3, 0.4) is 0 Å². The Labute approximate surface area is 133 Å². The number of halogens is 1. The van der Waals surface area contributed by atoms with E-state index in [2.05, 4.69) is 10.3 Å². The number of aliphatic hydroxyl groups excluding tert-OH is 1. The molecule has 1 aromatic heterocycles. The van der Waals surface area contributed by atoms with Crippen LogP contribution < -0.4 is 5.32 Å². The van der Waals surface area contributed by atoms with Gasteiger partial charge in [-0.05, 0) is 19.1 Å². The number of hydrogen-bond donors (Lipinski definition) is 2. The molecule has 1 heterocycles. The summed E-state index contributed by atoms with van der Waals surface area (Å²) in [6, 6.07) is 7.29. The highest BCUT2D eigenvalue weighted by atomic mass is 35.5. The largest absolute Gasteiger partial charge is 0.461 e. The number of hydrogen-bond acceptors (Lipinski definition) is 6. The Bertz CT molecular complexity index is 630. The Morgan fingerprint density at radius 3 is 3.00 bits per heavy atom. The number of carbonyl (C=O) groups excluding carboxylic acids is 1. The molecular formula is C15H17ClN2O4. The molecule has 6 nitrogen and oxygen atoms in total. The van der Waals surface area contributed by atoms with Gasteiger partial charge in [-0.1, -0.05) is 12.1 Å². The molecule has 1 aromatic carbocycles. The number of ether oxygens (including phenoxy) is 1. The van der Waals surface area contributed by atoms with Crippen LogP contribution in [0, 0.1) is 0 Å². The normalized spacial score (nSPS) is 12.0. The predicted molar refractivity (Wildman–Crippen MR) is 83.1 cm³/mol. The van der Waals surface area contributed by atoms with Crippen molar-refractivity contribution in [3.8, 4) is 11.5 Å². The van der Waals surface area contributed by atoms with Gasteiger partial charge in [0.2, 0.25) is 5.89 Å². The number of nitrogens with one attached hydrogen (secondary N) is 1. The van der Waals surface area contributed by atoms with Crippen LogP contribution in [0.2, 0.25) is 0 Å². The van der Waals surface area contributed by atoms with E-state index in [9.17, 15) is 9.90 Å². The fourth-order valence-electron chi connectivity index (χ4n) is 1.80. The molecule has 7 heteroatoms. The molecule has 0 fully saturated rings. The van der Waals surface area contributed by atoms with Gasteiger partial charge in [0.05, 0.1) is 24.2 Å². The number of benzene rings is 1. The lowest BCUT2D eigenvalue weighted by molar-refractivity contribution is 0.0519. The third-order valence-corrected chi connectivity index (χ3v) is 3.21. The molecule has 0 amide bonds. The number of para-hydroxylation sites is 1. The van der Waals surface area contributed by atoms with Crippen LogP contribution in [0.4, 0.5) is 5.69 Å². The van der Waals surface area contributed by atoms with Crippen LogP contribution in [0.15, 0.2) is 34.9 Å². The van der Waals surface area contributed by atoms with E-state index in [4.69, 9.17) is 20.8 Å². The number of esters is 1. The van der Waals surface area contributed by atoms with Crippen LogP contribution in [-0.2, 0) is 4.74 Å². The van der Waals surface area contributed by atoms with E-state index in [0.29, 0.717) is 18.0 Å². The van der Waals surface area contributed by atoms with Gasteiger partial charge in [-0.2, -0.15) is 0 Å². The molecule has 0 aliphatic rings. The predicted octanol–water partition coefficient (Wildman–Crippen LogP) is 2.53. The summed E-state index contributed by atoms with van der Waals surface area (Å²) in [5.74, 6) is -0.0896. The van der Waals surface area contributed by atoms with E-state index < -0.39 is 12.1 Å². The van der Waals surface area contributed by atoms with Gasteiger partial charge in [0.15, 0.2) is 5.69 Å². The van der Waals surface area contributed by atoms with E-state index in [1.54, 1.807) is 13.0 Å². The number of oxazole rings is 1. The molecule has 0 aliphatic heterocycles. The maximum absolute atomic E-state index is 11.6. The summed E-state index contributed by atoms with van der Waals surface area (Å²) >= 11 is 5.57. The molecule has 0 bridgehead atoms. The van der Waals surface area contributed by atoms with Crippen molar-refractivity contribution < 1.29 is 19.1 Å². The zero-order valence-corrected chi connectivity index (χ0v) is 12.8. The molecule has 2 N–H and O–H groups in total. The third kappa shape index (κ3) is 3.99. The van der Waals surface area contributed by atoms with Gasteiger partial charge in [0, 0.05) is 12.2 Å². The van der Waals surface area contributed by atoms with Gasteiger partial charge in [-0.15, -0.1) is 11.6 Å². The van der Waals surface area contributed by atoms with Crippen molar-refractivity contribution in [3.05, 3.63) is 36.2 Å². The number of alkyl halides is 1. The van der Waals surface area contributed by atoms with E-state index in [0.717, 1.165) is 5.69 Å². The summed E-state index contributed by atoms with van der Waals surface area (Å²) < 4.78 is 10.2. The SMILES string of the molecule is CCOC(=O)c1coc(-c2ccccc2NCC(O)CCl)n1. The lowest BCUT2D eigenvalue weighted by Crippen LogP contribution is -2.21. The first kappa shape index (κ1) is 16.3. The van der Waals surface area contributed by atoms with Gasteiger partial charge in [-0.25, -0.2) is 9.78 Å². The van der Waals surface area contributed by atoms with Crippen molar-refractivity contribution in [2.75, 3.05) is 24.3 Å². The van der Waals surface area contributed by atoms with E-state index >= 15 is 0 Å². The number of rotatable bonds is 7. The first-order chi connectivity index (χ1) is 10.7. The van der Waals surface area contributed by atoms with E-state index in [-0.39, 0.29) is 18.2 Å². The summed E-state index contributed by atoms with van der Waals surface area (Å²) in [6.45, 7) is 2.29. The second-order valence-electron chi connectivity index (χ2n) is 4.49. The highest BCUT2D eigenvalue weighted by Gasteiger charge is 2.16. The maximum atomic E-state index is 11.6. The van der Waals surface area contributed by atoms with Crippen LogP contribution in [-0.4, -0.2) is 41.2 Å². The summed E-state index contributed by atoms with van der Waals surface area (Å²) in [5.41, 5.74) is 1.52. The first-order valence-corrected chi connectivity index (χ1v) is 7.39.